The van der Waals surface area contributed by atoms with Gasteiger partial charge in [0.25, 0.3) is 0 Å². The first-order chi connectivity index (χ1) is 11.2. The van der Waals surface area contributed by atoms with Gasteiger partial charge in [-0.2, -0.15) is 0 Å². The number of hydrogen-bond acceptors (Lipinski definition) is 1. The fraction of sp³-hybridized carbons (Fsp3) is 0.250. The van der Waals surface area contributed by atoms with E-state index in [-0.39, 0.29) is 5.78 Å². The third-order valence-corrected chi connectivity index (χ3v) is 4.36. The number of para-hydroxylation sites is 1. The van der Waals surface area contributed by atoms with E-state index in [1.807, 2.05) is 48.7 Å². The predicted octanol–water partition coefficient (Wildman–Crippen LogP) is 5.72. The van der Waals surface area contributed by atoms with Crippen molar-refractivity contribution in [1.82, 2.24) is 4.57 Å². The van der Waals surface area contributed by atoms with Gasteiger partial charge in [0.2, 0.25) is 0 Å². The first-order valence-corrected chi connectivity index (χ1v) is 8.42. The van der Waals surface area contributed by atoms with Gasteiger partial charge in [0.15, 0.2) is 5.78 Å². The van der Waals surface area contributed by atoms with Crippen molar-refractivity contribution >= 4 is 28.3 Å². The van der Waals surface area contributed by atoms with E-state index in [0.717, 1.165) is 40.9 Å². The SMILES string of the molecule is CCCCC(=O)c1cn(Cc2ccc(Cl)cc2)c2ccccc12. The van der Waals surface area contributed by atoms with Crippen molar-refractivity contribution in [3.63, 3.8) is 0 Å². The Labute approximate surface area is 141 Å². The minimum absolute atomic E-state index is 0.234. The molecule has 3 heteroatoms. The van der Waals surface area contributed by atoms with Crippen LogP contribution in [-0.2, 0) is 6.54 Å². The van der Waals surface area contributed by atoms with E-state index in [1.54, 1.807) is 0 Å². The zero-order valence-electron chi connectivity index (χ0n) is 13.3. The number of ketones is 1. The van der Waals surface area contributed by atoms with E-state index in [0.29, 0.717) is 6.42 Å². The van der Waals surface area contributed by atoms with Crippen LogP contribution in [0.1, 0.15) is 42.1 Å². The Hall–Kier alpha value is -2.06. The van der Waals surface area contributed by atoms with Gasteiger partial charge in [-0.1, -0.05) is 55.3 Å². The number of unbranched alkanes of at least 4 members (excludes halogenated alkanes) is 1. The van der Waals surface area contributed by atoms with E-state index in [1.165, 1.54) is 5.56 Å². The molecule has 0 saturated carbocycles. The quantitative estimate of drug-likeness (QED) is 0.531. The van der Waals surface area contributed by atoms with Crippen LogP contribution in [0.3, 0.4) is 0 Å². The van der Waals surface area contributed by atoms with Crippen molar-refractivity contribution in [3.05, 3.63) is 70.9 Å². The maximum Gasteiger partial charge on any atom is 0.165 e. The largest absolute Gasteiger partial charge is 0.342 e. The molecule has 0 spiro atoms. The molecule has 1 heterocycles. The zero-order valence-corrected chi connectivity index (χ0v) is 14.0. The molecule has 1 aromatic heterocycles. The molecule has 2 nitrogen and oxygen atoms in total. The highest BCUT2D eigenvalue weighted by Crippen LogP contribution is 2.24. The molecule has 0 aliphatic carbocycles. The van der Waals surface area contributed by atoms with Gasteiger partial charge in [0.1, 0.15) is 0 Å². The highest BCUT2D eigenvalue weighted by atomic mass is 35.5. The number of Topliss-reactive ketones (excluding diaryl/α,β-unsaturated/α-hetero) is 1. The van der Waals surface area contributed by atoms with Gasteiger partial charge < -0.3 is 4.57 Å². The Morgan fingerprint density at radius 2 is 1.83 bits per heavy atom. The minimum atomic E-state index is 0.234. The van der Waals surface area contributed by atoms with Crippen LogP contribution < -0.4 is 0 Å². The summed E-state index contributed by atoms with van der Waals surface area (Å²) in [5.74, 6) is 0.234. The summed E-state index contributed by atoms with van der Waals surface area (Å²) >= 11 is 5.95. The number of carbonyl (C=O) groups excluding carboxylic acids is 1. The molecule has 0 bridgehead atoms. The van der Waals surface area contributed by atoms with Crippen molar-refractivity contribution < 1.29 is 4.79 Å². The lowest BCUT2D eigenvalue weighted by atomic mass is 10.1. The summed E-state index contributed by atoms with van der Waals surface area (Å²) in [6, 6.07) is 16.0. The number of hydrogen-bond donors (Lipinski definition) is 0. The van der Waals surface area contributed by atoms with E-state index in [4.69, 9.17) is 11.6 Å². The molecule has 3 aromatic rings. The van der Waals surface area contributed by atoms with Gasteiger partial charge in [-0.3, -0.25) is 4.79 Å². The zero-order chi connectivity index (χ0) is 16.2. The van der Waals surface area contributed by atoms with Crippen LogP contribution in [0.2, 0.25) is 5.02 Å². The molecule has 0 aliphatic heterocycles. The van der Waals surface area contributed by atoms with Crippen molar-refractivity contribution in [2.24, 2.45) is 0 Å². The number of halogens is 1. The number of fused-ring (bicyclic) bond motifs is 1. The molecule has 3 rings (SSSR count). The second kappa shape index (κ2) is 7.01. The lowest BCUT2D eigenvalue weighted by Crippen LogP contribution is -1.99. The lowest BCUT2D eigenvalue weighted by Gasteiger charge is -2.05. The fourth-order valence-corrected chi connectivity index (χ4v) is 2.98. The first-order valence-electron chi connectivity index (χ1n) is 8.04. The number of carbonyl (C=O) groups is 1. The average molecular weight is 326 g/mol. The van der Waals surface area contributed by atoms with Gasteiger partial charge in [-0.25, -0.2) is 0 Å². The van der Waals surface area contributed by atoms with Crippen molar-refractivity contribution in [3.8, 4) is 0 Å². The summed E-state index contributed by atoms with van der Waals surface area (Å²) in [7, 11) is 0. The van der Waals surface area contributed by atoms with Crippen LogP contribution in [0.4, 0.5) is 0 Å². The fourth-order valence-electron chi connectivity index (χ4n) is 2.86. The molecular weight excluding hydrogens is 306 g/mol. The third-order valence-electron chi connectivity index (χ3n) is 4.11. The van der Waals surface area contributed by atoms with Gasteiger partial charge in [-0.15, -0.1) is 0 Å². The molecule has 23 heavy (non-hydrogen) atoms. The van der Waals surface area contributed by atoms with Crippen LogP contribution in [0.5, 0.6) is 0 Å². The number of rotatable bonds is 6. The van der Waals surface area contributed by atoms with E-state index >= 15 is 0 Å². The first kappa shape index (κ1) is 15.8. The molecule has 0 aliphatic rings. The number of aromatic nitrogens is 1. The van der Waals surface area contributed by atoms with Crippen molar-refractivity contribution in [1.29, 1.82) is 0 Å². The second-order valence-electron chi connectivity index (χ2n) is 5.84. The molecule has 0 fully saturated rings. The average Bonchev–Trinajstić information content (AvgIpc) is 2.94. The highest BCUT2D eigenvalue weighted by Gasteiger charge is 2.14. The Balaban J connectivity index is 1.97. The van der Waals surface area contributed by atoms with Gasteiger partial charge in [0.05, 0.1) is 0 Å². The molecule has 0 amide bonds. The molecule has 0 saturated heterocycles. The van der Waals surface area contributed by atoms with E-state index in [9.17, 15) is 4.79 Å². The lowest BCUT2D eigenvalue weighted by molar-refractivity contribution is 0.0981. The van der Waals surface area contributed by atoms with Crippen molar-refractivity contribution in [2.75, 3.05) is 0 Å². The smallest absolute Gasteiger partial charge is 0.165 e. The van der Waals surface area contributed by atoms with Crippen LogP contribution >= 0.6 is 11.6 Å². The third kappa shape index (κ3) is 3.48. The number of nitrogens with zero attached hydrogens (tertiary/aromatic N) is 1. The van der Waals surface area contributed by atoms with Gasteiger partial charge in [0, 0.05) is 40.7 Å². The standard InChI is InChI=1S/C20H20ClNO/c1-2-3-8-20(23)18-14-22(19-7-5-4-6-17(18)19)13-15-9-11-16(21)12-10-15/h4-7,9-12,14H,2-3,8,13H2,1H3. The second-order valence-corrected chi connectivity index (χ2v) is 6.28. The summed E-state index contributed by atoms with van der Waals surface area (Å²) in [4.78, 5) is 12.5. The summed E-state index contributed by atoms with van der Waals surface area (Å²) in [5, 5.41) is 1.78. The summed E-state index contributed by atoms with van der Waals surface area (Å²) in [6.07, 6.45) is 4.59. The topological polar surface area (TPSA) is 22.0 Å². The molecule has 0 unspecified atom stereocenters. The minimum Gasteiger partial charge on any atom is -0.342 e. The highest BCUT2D eigenvalue weighted by molar-refractivity contribution is 6.30. The van der Waals surface area contributed by atoms with Gasteiger partial charge >= 0.3 is 0 Å². The summed E-state index contributed by atoms with van der Waals surface area (Å²) in [6.45, 7) is 2.84. The van der Waals surface area contributed by atoms with Crippen molar-refractivity contribution in [2.45, 2.75) is 32.7 Å². The van der Waals surface area contributed by atoms with Crippen LogP contribution in [0.25, 0.3) is 10.9 Å². The summed E-state index contributed by atoms with van der Waals surface area (Å²) < 4.78 is 2.15. The van der Waals surface area contributed by atoms with E-state index in [2.05, 4.69) is 17.6 Å². The molecular formula is C20H20ClNO. The molecule has 0 radical (unpaired) electrons. The monoisotopic (exact) mass is 325 g/mol. The molecule has 0 atom stereocenters. The Morgan fingerprint density at radius 3 is 2.57 bits per heavy atom. The van der Waals surface area contributed by atoms with Crippen LogP contribution in [0.15, 0.2) is 54.7 Å². The Morgan fingerprint density at radius 1 is 1.09 bits per heavy atom. The van der Waals surface area contributed by atoms with Gasteiger partial charge in [-0.05, 0) is 30.2 Å². The van der Waals surface area contributed by atoms with Crippen LogP contribution in [0, 0.1) is 0 Å². The normalized spacial score (nSPS) is 11.0. The Bertz CT molecular complexity index is 817. The molecule has 0 N–H and O–H groups in total. The maximum absolute atomic E-state index is 12.5. The van der Waals surface area contributed by atoms with E-state index < -0.39 is 0 Å². The van der Waals surface area contributed by atoms with Crippen LogP contribution in [-0.4, -0.2) is 10.4 Å². The predicted molar refractivity (Wildman–Crippen MR) is 96.3 cm³/mol. The Kier molecular flexibility index (Phi) is 4.82. The molecule has 2 aromatic carbocycles. The maximum atomic E-state index is 12.5. The summed E-state index contributed by atoms with van der Waals surface area (Å²) in [5.41, 5.74) is 3.10. The number of benzene rings is 2. The molecule has 118 valence electrons.